The van der Waals surface area contributed by atoms with E-state index in [1.54, 1.807) is 7.05 Å². The van der Waals surface area contributed by atoms with Crippen LogP contribution in [0.5, 0.6) is 0 Å². The van der Waals surface area contributed by atoms with Crippen LogP contribution >= 0.6 is 0 Å². The molecule has 1 aromatic carbocycles. The largest absolute Gasteiger partial charge is 0.397 e. The Bertz CT molecular complexity index is 935. The van der Waals surface area contributed by atoms with Crippen LogP contribution in [-0.4, -0.2) is 76.7 Å². The number of rotatable bonds is 3. The molecule has 0 radical (unpaired) electrons. The Morgan fingerprint density at radius 3 is 2.61 bits per heavy atom. The molecule has 4 amide bonds. The molecule has 1 saturated heterocycles. The predicted octanol–water partition coefficient (Wildman–Crippen LogP) is -0.0204. The number of carbonyl (C=O) groups is 3. The fraction of sp³-hybridized carbons (Fsp3) is 0.421. The van der Waals surface area contributed by atoms with Gasteiger partial charge < -0.3 is 5.73 Å². The monoisotopic (exact) mass is 383 g/mol. The molecular weight excluding hydrogens is 360 g/mol. The molecule has 146 valence electrons. The van der Waals surface area contributed by atoms with E-state index in [0.717, 1.165) is 22.7 Å². The third-order valence-corrected chi connectivity index (χ3v) is 5.29. The summed E-state index contributed by atoms with van der Waals surface area (Å²) >= 11 is 0. The van der Waals surface area contributed by atoms with Gasteiger partial charge in [0.2, 0.25) is 17.8 Å². The quantitative estimate of drug-likeness (QED) is 0.741. The zero-order valence-corrected chi connectivity index (χ0v) is 16.1. The first-order chi connectivity index (χ1) is 13.3. The zero-order chi connectivity index (χ0) is 20.2. The van der Waals surface area contributed by atoms with Crippen LogP contribution in [0.25, 0.3) is 0 Å². The lowest BCUT2D eigenvalue weighted by Gasteiger charge is -2.34. The van der Waals surface area contributed by atoms with Crippen LogP contribution in [0.2, 0.25) is 0 Å². The molecule has 0 bridgehead atoms. The Balaban J connectivity index is 1.77. The van der Waals surface area contributed by atoms with E-state index in [9.17, 15) is 14.4 Å². The number of hydrogen-bond donors (Lipinski definition) is 1. The number of benzene rings is 1. The molecule has 2 atom stereocenters. The van der Waals surface area contributed by atoms with Crippen LogP contribution in [0.3, 0.4) is 0 Å². The number of nitrogens with two attached hydrogens (primary N) is 1. The van der Waals surface area contributed by atoms with Crippen molar-refractivity contribution in [3.05, 3.63) is 29.8 Å². The molecule has 2 unspecified atom stereocenters. The van der Waals surface area contributed by atoms with Crippen molar-refractivity contribution >= 4 is 35.3 Å². The Morgan fingerprint density at radius 1 is 1.29 bits per heavy atom. The van der Waals surface area contributed by atoms with E-state index >= 15 is 0 Å². The predicted molar refractivity (Wildman–Crippen MR) is 103 cm³/mol. The fourth-order valence-electron chi connectivity index (χ4n) is 3.94. The lowest BCUT2D eigenvalue weighted by molar-refractivity contribution is -0.545. The van der Waals surface area contributed by atoms with Crippen molar-refractivity contribution in [2.45, 2.75) is 19.9 Å². The van der Waals surface area contributed by atoms with Gasteiger partial charge in [0.1, 0.15) is 12.2 Å². The van der Waals surface area contributed by atoms with E-state index in [-0.39, 0.29) is 5.92 Å². The van der Waals surface area contributed by atoms with Crippen molar-refractivity contribution in [1.82, 2.24) is 9.80 Å². The molecule has 4 rings (SSSR count). The third-order valence-electron chi connectivity index (χ3n) is 5.29. The van der Waals surface area contributed by atoms with Gasteiger partial charge in [-0.25, -0.2) is 14.3 Å². The Morgan fingerprint density at radius 2 is 1.96 bits per heavy atom. The minimum atomic E-state index is -0.731. The van der Waals surface area contributed by atoms with Gasteiger partial charge in [0.05, 0.1) is 13.1 Å². The van der Waals surface area contributed by atoms with Crippen molar-refractivity contribution in [2.24, 2.45) is 16.6 Å². The van der Waals surface area contributed by atoms with Crippen LogP contribution < -0.4 is 10.6 Å². The van der Waals surface area contributed by atoms with Gasteiger partial charge in [-0.3, -0.25) is 19.4 Å². The van der Waals surface area contributed by atoms with E-state index in [1.165, 1.54) is 4.90 Å². The number of aryl methyl sites for hydroxylation is 1. The van der Waals surface area contributed by atoms with E-state index in [2.05, 4.69) is 16.8 Å². The summed E-state index contributed by atoms with van der Waals surface area (Å²) in [5.41, 5.74) is 7.37. The van der Waals surface area contributed by atoms with Crippen LogP contribution in [0.15, 0.2) is 29.3 Å². The smallest absolute Gasteiger partial charge is 0.368 e. The molecule has 9 nitrogen and oxygen atoms in total. The van der Waals surface area contributed by atoms with Crippen molar-refractivity contribution < 1.29 is 19.0 Å². The molecule has 1 aromatic rings. The maximum absolute atomic E-state index is 13.1. The van der Waals surface area contributed by atoms with Crippen molar-refractivity contribution in [2.75, 3.05) is 31.6 Å². The average molecular weight is 383 g/mol. The molecule has 9 heteroatoms. The topological polar surface area (TPSA) is 102 Å². The highest BCUT2D eigenvalue weighted by atomic mass is 16.2. The molecule has 0 saturated carbocycles. The Kier molecular flexibility index (Phi) is 4.17. The van der Waals surface area contributed by atoms with Crippen molar-refractivity contribution in [3.63, 3.8) is 0 Å². The molecule has 2 N–H and O–H groups in total. The third kappa shape index (κ3) is 2.74. The first kappa shape index (κ1) is 18.1. The first-order valence-electron chi connectivity index (χ1n) is 9.21. The number of aliphatic imine (C=N–C) groups is 1. The average Bonchev–Trinajstić information content (AvgIpc) is 3.03. The van der Waals surface area contributed by atoms with E-state index in [1.807, 2.05) is 35.8 Å². The molecule has 1 fully saturated rings. The van der Waals surface area contributed by atoms with Crippen LogP contribution in [-0.2, 0) is 9.59 Å². The minimum absolute atomic E-state index is 0.278. The number of primary amides is 1. The number of urea groups is 1. The van der Waals surface area contributed by atoms with Gasteiger partial charge in [-0.15, -0.1) is 0 Å². The highest BCUT2D eigenvalue weighted by Gasteiger charge is 2.55. The van der Waals surface area contributed by atoms with Gasteiger partial charge in [0, 0.05) is 13.0 Å². The summed E-state index contributed by atoms with van der Waals surface area (Å²) < 4.78 is 1.92. The maximum atomic E-state index is 13.1. The van der Waals surface area contributed by atoms with Gasteiger partial charge in [-0.2, -0.15) is 0 Å². The number of likely N-dealkylation sites (N-methyl/N-ethyl adjacent to an activating group) is 1. The number of fused-ring (bicyclic) bond motifs is 2. The summed E-state index contributed by atoms with van der Waals surface area (Å²) in [4.78, 5) is 46.0. The second kappa shape index (κ2) is 6.43. The van der Waals surface area contributed by atoms with Crippen molar-refractivity contribution in [3.8, 4) is 0 Å². The van der Waals surface area contributed by atoms with Crippen LogP contribution in [0.1, 0.15) is 12.5 Å². The SMILES string of the molecule is Cc1ccc(N2CC(C)C[N+]3=C2N=C2C3C(=O)N(CC(N)=O)C(=O)N2C)cc1. The van der Waals surface area contributed by atoms with Gasteiger partial charge in [-0.1, -0.05) is 29.6 Å². The van der Waals surface area contributed by atoms with E-state index < -0.39 is 30.4 Å². The Labute approximate surface area is 162 Å². The summed E-state index contributed by atoms with van der Waals surface area (Å²) in [6, 6.07) is 6.80. The second-order valence-electron chi connectivity index (χ2n) is 7.61. The number of anilines is 1. The Hall–Kier alpha value is -3.23. The number of hydrogen-bond acceptors (Lipinski definition) is 5. The zero-order valence-electron chi connectivity index (χ0n) is 16.1. The first-order valence-corrected chi connectivity index (χ1v) is 9.21. The van der Waals surface area contributed by atoms with Gasteiger partial charge >= 0.3 is 12.0 Å². The number of amidine groups is 1. The highest BCUT2D eigenvalue weighted by Crippen LogP contribution is 2.28. The molecule has 0 aromatic heterocycles. The van der Waals surface area contributed by atoms with Gasteiger partial charge in [0.25, 0.3) is 5.91 Å². The number of nitrogens with zero attached hydrogens (tertiary/aromatic N) is 5. The number of guanidine groups is 1. The van der Waals surface area contributed by atoms with Gasteiger partial charge in [-0.05, 0) is 19.1 Å². The lowest BCUT2D eigenvalue weighted by atomic mass is 10.1. The fourth-order valence-corrected chi connectivity index (χ4v) is 3.94. The molecular formula is C19H23N6O3+. The maximum Gasteiger partial charge on any atom is 0.397 e. The minimum Gasteiger partial charge on any atom is -0.368 e. The van der Waals surface area contributed by atoms with E-state index in [0.29, 0.717) is 18.3 Å². The number of carbonyl (C=O) groups excluding carboxylic acids is 3. The summed E-state index contributed by atoms with van der Waals surface area (Å²) in [5.74, 6) is 0.118. The molecule has 3 aliphatic heterocycles. The second-order valence-corrected chi connectivity index (χ2v) is 7.61. The van der Waals surface area contributed by atoms with E-state index in [4.69, 9.17) is 5.73 Å². The van der Waals surface area contributed by atoms with Crippen molar-refractivity contribution in [1.29, 1.82) is 0 Å². The summed E-state index contributed by atoms with van der Waals surface area (Å²) in [5, 5.41) is 0. The molecule has 0 spiro atoms. The standard InChI is InChI=1S/C19H22N6O3/c1-11-4-6-13(7-5-11)23-8-12(2)9-24-15-16(21-18(23)24)22(3)19(28)25(17(15)27)10-14(20)26/h4-7,12,15H,8-10H2,1-3H3,(H-,20,26)/p+1. The summed E-state index contributed by atoms with van der Waals surface area (Å²) in [6.07, 6.45) is 0. The molecule has 28 heavy (non-hydrogen) atoms. The molecule has 3 aliphatic rings. The highest BCUT2D eigenvalue weighted by molar-refractivity contribution is 6.24. The summed E-state index contributed by atoms with van der Waals surface area (Å²) in [7, 11) is 1.56. The van der Waals surface area contributed by atoms with Crippen LogP contribution in [0.4, 0.5) is 10.5 Å². The van der Waals surface area contributed by atoms with Gasteiger partial charge in [0.15, 0.2) is 0 Å². The normalized spacial score (nSPS) is 24.4. The number of imide groups is 1. The lowest BCUT2D eigenvalue weighted by Crippen LogP contribution is -2.64. The number of amides is 4. The summed E-state index contributed by atoms with van der Waals surface area (Å²) in [6.45, 7) is 5.09. The molecule has 0 aliphatic carbocycles. The van der Waals surface area contributed by atoms with Crippen LogP contribution in [0, 0.1) is 12.8 Å². The molecule has 3 heterocycles.